The Morgan fingerprint density at radius 2 is 2.06 bits per heavy atom. The van der Waals surface area contributed by atoms with Crippen LogP contribution >= 0.6 is 11.6 Å². The van der Waals surface area contributed by atoms with Crippen molar-refractivity contribution in [2.24, 2.45) is 0 Å². The summed E-state index contributed by atoms with van der Waals surface area (Å²) >= 11 is 6.04. The van der Waals surface area contributed by atoms with Crippen LogP contribution in [0.2, 0.25) is 5.02 Å². The number of hydrogen-bond donors (Lipinski definition) is 1. The Morgan fingerprint density at radius 3 is 2.67 bits per heavy atom. The molecule has 0 saturated carbocycles. The van der Waals surface area contributed by atoms with E-state index in [-0.39, 0.29) is 0 Å². The largest absolute Gasteiger partial charge is 0.454 e. The van der Waals surface area contributed by atoms with Crippen molar-refractivity contribution in [3.8, 4) is 11.5 Å². The number of aryl methyl sites for hydroxylation is 1. The van der Waals surface area contributed by atoms with Crippen LogP contribution in [0.5, 0.6) is 11.5 Å². The lowest BCUT2D eigenvalue weighted by Crippen LogP contribution is -1.95. The molecule has 1 heterocycles. The van der Waals surface area contributed by atoms with Gasteiger partial charge in [-0.25, -0.2) is 0 Å². The van der Waals surface area contributed by atoms with Crippen LogP contribution in [0.3, 0.4) is 0 Å². The predicted molar refractivity (Wildman–Crippen MR) is 71.1 cm³/mol. The quantitative estimate of drug-likeness (QED) is 0.914. The van der Waals surface area contributed by atoms with Crippen molar-refractivity contribution in [2.75, 3.05) is 0 Å². The maximum atomic E-state index is 9.36. The Bertz CT molecular complexity index is 538. The molecule has 0 spiro atoms. The van der Waals surface area contributed by atoms with E-state index >= 15 is 0 Å². The highest BCUT2D eigenvalue weighted by Gasteiger charge is 2.06. The molecule has 0 amide bonds. The molecular formula is C14H14ClNO2. The minimum Gasteiger partial charge on any atom is -0.454 e. The molecular weight excluding hydrogens is 250 g/mol. The maximum Gasteiger partial charge on any atom is 0.146 e. The average Bonchev–Trinajstić information content (AvgIpc) is 2.34. The molecule has 2 aromatic rings. The molecule has 1 atom stereocenters. The Morgan fingerprint density at radius 1 is 1.28 bits per heavy atom. The number of pyridine rings is 1. The lowest BCUT2D eigenvalue weighted by Gasteiger charge is -2.09. The van der Waals surface area contributed by atoms with Crippen LogP contribution in [0, 0.1) is 6.92 Å². The first-order valence-electron chi connectivity index (χ1n) is 5.64. The first-order valence-corrected chi connectivity index (χ1v) is 6.02. The van der Waals surface area contributed by atoms with E-state index in [4.69, 9.17) is 16.3 Å². The fraction of sp³-hybridized carbons (Fsp3) is 0.214. The summed E-state index contributed by atoms with van der Waals surface area (Å²) in [6.07, 6.45) is 0.988. The van der Waals surface area contributed by atoms with Crippen molar-refractivity contribution in [2.45, 2.75) is 20.0 Å². The molecule has 1 aromatic heterocycles. The Kier molecular flexibility index (Phi) is 3.84. The number of aliphatic hydroxyl groups excluding tert-OH is 1. The van der Waals surface area contributed by atoms with Gasteiger partial charge in [0.05, 0.1) is 23.0 Å². The van der Waals surface area contributed by atoms with Gasteiger partial charge in [0.25, 0.3) is 0 Å². The van der Waals surface area contributed by atoms with Gasteiger partial charge in [-0.15, -0.1) is 0 Å². The van der Waals surface area contributed by atoms with Crippen LogP contribution in [-0.4, -0.2) is 10.1 Å². The van der Waals surface area contributed by atoms with E-state index in [0.29, 0.717) is 22.2 Å². The zero-order valence-corrected chi connectivity index (χ0v) is 11.0. The molecule has 0 saturated heterocycles. The molecule has 0 unspecified atom stereocenters. The van der Waals surface area contributed by atoms with Crippen molar-refractivity contribution in [1.82, 2.24) is 4.98 Å². The van der Waals surface area contributed by atoms with Crippen molar-refractivity contribution >= 4 is 11.6 Å². The zero-order chi connectivity index (χ0) is 13.1. The zero-order valence-electron chi connectivity index (χ0n) is 10.2. The van der Waals surface area contributed by atoms with Gasteiger partial charge in [0.15, 0.2) is 0 Å². The standard InChI is InChI=1S/C14H14ClNO2/c1-9-3-5-12(15)14(7-9)18-11-4-6-13(10(2)17)16-8-11/h3-8,10,17H,1-2H3/t10-/m1/s1. The number of hydrogen-bond acceptors (Lipinski definition) is 3. The fourth-order valence-electron chi connectivity index (χ4n) is 1.51. The average molecular weight is 264 g/mol. The lowest BCUT2D eigenvalue weighted by atomic mass is 10.2. The van der Waals surface area contributed by atoms with Crippen LogP contribution in [-0.2, 0) is 0 Å². The summed E-state index contributed by atoms with van der Waals surface area (Å²) < 4.78 is 5.65. The van der Waals surface area contributed by atoms with Crippen molar-refractivity contribution < 1.29 is 9.84 Å². The van der Waals surface area contributed by atoms with Crippen LogP contribution < -0.4 is 4.74 Å². The second kappa shape index (κ2) is 5.38. The van der Waals surface area contributed by atoms with E-state index in [1.165, 1.54) is 0 Å². The van der Waals surface area contributed by atoms with Crippen molar-refractivity contribution in [3.05, 3.63) is 52.8 Å². The van der Waals surface area contributed by atoms with Gasteiger partial charge in [0, 0.05) is 0 Å². The first kappa shape index (κ1) is 12.9. The number of aromatic nitrogens is 1. The molecule has 2 rings (SSSR count). The lowest BCUT2D eigenvalue weighted by molar-refractivity contribution is 0.194. The summed E-state index contributed by atoms with van der Waals surface area (Å²) in [6, 6.07) is 9.07. The third kappa shape index (κ3) is 3.00. The van der Waals surface area contributed by atoms with E-state index in [0.717, 1.165) is 5.56 Å². The predicted octanol–water partition coefficient (Wildman–Crippen LogP) is 3.89. The summed E-state index contributed by atoms with van der Waals surface area (Å²) in [7, 11) is 0. The molecule has 0 aliphatic carbocycles. The van der Waals surface area contributed by atoms with Gasteiger partial charge in [-0.3, -0.25) is 4.98 Å². The van der Waals surface area contributed by atoms with E-state index in [1.807, 2.05) is 19.1 Å². The summed E-state index contributed by atoms with van der Waals surface area (Å²) in [5.41, 5.74) is 1.68. The molecule has 3 nitrogen and oxygen atoms in total. The minimum absolute atomic E-state index is 0.556. The monoisotopic (exact) mass is 263 g/mol. The SMILES string of the molecule is Cc1ccc(Cl)c(Oc2ccc([C@@H](C)O)nc2)c1. The first-order chi connectivity index (χ1) is 8.56. The number of nitrogens with zero attached hydrogens (tertiary/aromatic N) is 1. The van der Waals surface area contributed by atoms with Crippen LogP contribution in [0.4, 0.5) is 0 Å². The Balaban J connectivity index is 2.21. The second-order valence-corrected chi connectivity index (χ2v) is 4.54. The fourth-order valence-corrected chi connectivity index (χ4v) is 1.67. The molecule has 1 N–H and O–H groups in total. The summed E-state index contributed by atoms with van der Waals surface area (Å²) in [6.45, 7) is 3.64. The van der Waals surface area contributed by atoms with Gasteiger partial charge in [-0.05, 0) is 43.7 Å². The van der Waals surface area contributed by atoms with Gasteiger partial charge < -0.3 is 9.84 Å². The maximum absolute atomic E-state index is 9.36. The topological polar surface area (TPSA) is 42.4 Å². The minimum atomic E-state index is -0.582. The smallest absolute Gasteiger partial charge is 0.146 e. The van der Waals surface area contributed by atoms with Gasteiger partial charge in [0.2, 0.25) is 0 Å². The highest BCUT2D eigenvalue weighted by Crippen LogP contribution is 2.30. The number of halogens is 1. The number of ether oxygens (including phenoxy) is 1. The van der Waals surface area contributed by atoms with Crippen LogP contribution in [0.1, 0.15) is 24.3 Å². The Hall–Kier alpha value is -1.58. The summed E-state index contributed by atoms with van der Waals surface area (Å²) in [5.74, 6) is 1.19. The summed E-state index contributed by atoms with van der Waals surface area (Å²) in [5, 5.41) is 9.92. The van der Waals surface area contributed by atoms with Gasteiger partial charge in [-0.1, -0.05) is 17.7 Å². The molecule has 4 heteroatoms. The molecule has 1 aromatic carbocycles. The second-order valence-electron chi connectivity index (χ2n) is 4.13. The highest BCUT2D eigenvalue weighted by molar-refractivity contribution is 6.32. The number of rotatable bonds is 3. The third-order valence-electron chi connectivity index (χ3n) is 2.50. The highest BCUT2D eigenvalue weighted by atomic mass is 35.5. The third-order valence-corrected chi connectivity index (χ3v) is 2.81. The molecule has 0 aliphatic heterocycles. The molecule has 0 aliphatic rings. The van der Waals surface area contributed by atoms with E-state index in [1.54, 1.807) is 31.3 Å². The van der Waals surface area contributed by atoms with E-state index < -0.39 is 6.10 Å². The van der Waals surface area contributed by atoms with E-state index in [2.05, 4.69) is 4.98 Å². The van der Waals surface area contributed by atoms with Gasteiger partial charge in [0.1, 0.15) is 11.5 Å². The number of benzene rings is 1. The van der Waals surface area contributed by atoms with Gasteiger partial charge in [-0.2, -0.15) is 0 Å². The van der Waals surface area contributed by atoms with Gasteiger partial charge >= 0.3 is 0 Å². The van der Waals surface area contributed by atoms with Crippen LogP contribution in [0.25, 0.3) is 0 Å². The van der Waals surface area contributed by atoms with Crippen molar-refractivity contribution in [3.63, 3.8) is 0 Å². The summed E-state index contributed by atoms with van der Waals surface area (Å²) in [4.78, 5) is 4.11. The molecule has 0 fully saturated rings. The number of aliphatic hydroxyl groups is 1. The van der Waals surface area contributed by atoms with Crippen molar-refractivity contribution in [1.29, 1.82) is 0 Å². The molecule has 0 bridgehead atoms. The molecule has 94 valence electrons. The van der Waals surface area contributed by atoms with E-state index in [9.17, 15) is 5.11 Å². The Labute approximate surface area is 111 Å². The van der Waals surface area contributed by atoms with Crippen LogP contribution in [0.15, 0.2) is 36.5 Å². The normalized spacial score (nSPS) is 12.2. The molecule has 0 radical (unpaired) electrons. The molecule has 18 heavy (non-hydrogen) atoms.